The molecule has 0 radical (unpaired) electrons. The zero-order chi connectivity index (χ0) is 13.5. The number of likely N-dealkylation sites (N-methyl/N-ethyl adjacent to an activating group) is 1. The van der Waals surface area contributed by atoms with Crippen molar-refractivity contribution in [2.24, 2.45) is 0 Å². The van der Waals surface area contributed by atoms with Crippen LogP contribution in [0.25, 0.3) is 0 Å². The molecule has 0 spiro atoms. The molecule has 0 aliphatic rings. The highest BCUT2D eigenvalue weighted by Gasteiger charge is 2.09. The van der Waals surface area contributed by atoms with Gasteiger partial charge in [-0.25, -0.2) is 17.5 Å². The first-order valence-corrected chi connectivity index (χ1v) is 6.91. The van der Waals surface area contributed by atoms with Gasteiger partial charge in [-0.15, -0.1) is 0 Å². The third kappa shape index (κ3) is 7.89. The summed E-state index contributed by atoms with van der Waals surface area (Å²) in [5.41, 5.74) is 0.335. The van der Waals surface area contributed by atoms with Crippen molar-refractivity contribution >= 4 is 16.0 Å². The molecule has 0 saturated heterocycles. The molecule has 0 fully saturated rings. The minimum absolute atomic E-state index is 0.133. The molecule has 17 heavy (non-hydrogen) atoms. The van der Waals surface area contributed by atoms with Crippen molar-refractivity contribution in [1.29, 1.82) is 0 Å². The Bertz CT molecular complexity index is 363. The number of carbonyl (C=O) groups is 1. The van der Waals surface area contributed by atoms with Crippen LogP contribution in [0.4, 0.5) is 0 Å². The van der Waals surface area contributed by atoms with Gasteiger partial charge in [-0.1, -0.05) is 6.58 Å². The summed E-state index contributed by atoms with van der Waals surface area (Å²) in [6.45, 7) is 5.89. The number of carbonyl (C=O) groups excluding carboxylic acids is 1. The van der Waals surface area contributed by atoms with Gasteiger partial charge in [-0.2, -0.15) is 0 Å². The summed E-state index contributed by atoms with van der Waals surface area (Å²) < 4.78 is 33.1. The van der Waals surface area contributed by atoms with Crippen molar-refractivity contribution in [3.05, 3.63) is 12.2 Å². The average Bonchev–Trinajstić information content (AvgIpc) is 2.20. The van der Waals surface area contributed by atoms with Crippen LogP contribution in [0.2, 0.25) is 0 Å². The molecular weight excluding hydrogens is 246 g/mol. The summed E-state index contributed by atoms with van der Waals surface area (Å²) in [5.74, 6) is -0.457. The zero-order valence-electron chi connectivity index (χ0n) is 10.4. The molecular formula is C10H19NO5S. The van der Waals surface area contributed by atoms with Gasteiger partial charge < -0.3 is 9.47 Å². The Kier molecular flexibility index (Phi) is 7.01. The van der Waals surface area contributed by atoms with Crippen LogP contribution in [0.3, 0.4) is 0 Å². The third-order valence-corrected chi connectivity index (χ3v) is 3.24. The SMILES string of the molecule is C=C(C)C(=O)OCCOCCN(C)S(C)(=O)=O. The van der Waals surface area contributed by atoms with E-state index < -0.39 is 16.0 Å². The van der Waals surface area contributed by atoms with Crippen LogP contribution in [0.5, 0.6) is 0 Å². The highest BCUT2D eigenvalue weighted by Crippen LogP contribution is 1.93. The predicted molar refractivity (Wildman–Crippen MR) is 64.1 cm³/mol. The molecule has 0 N–H and O–H groups in total. The lowest BCUT2D eigenvalue weighted by Crippen LogP contribution is -2.29. The molecule has 0 atom stereocenters. The number of nitrogens with zero attached hydrogens (tertiary/aromatic N) is 1. The number of hydrogen-bond donors (Lipinski definition) is 0. The lowest BCUT2D eigenvalue weighted by molar-refractivity contribution is -0.140. The van der Waals surface area contributed by atoms with Crippen molar-refractivity contribution in [2.75, 3.05) is 39.7 Å². The summed E-state index contributed by atoms with van der Waals surface area (Å²) in [7, 11) is -1.69. The van der Waals surface area contributed by atoms with E-state index in [1.54, 1.807) is 6.92 Å². The van der Waals surface area contributed by atoms with Crippen LogP contribution >= 0.6 is 0 Å². The highest BCUT2D eigenvalue weighted by molar-refractivity contribution is 7.88. The monoisotopic (exact) mass is 265 g/mol. The van der Waals surface area contributed by atoms with E-state index in [2.05, 4.69) is 6.58 Å². The van der Waals surface area contributed by atoms with Crippen LogP contribution in [-0.4, -0.2) is 58.4 Å². The summed E-state index contributed by atoms with van der Waals surface area (Å²) in [6, 6.07) is 0. The Labute approximate surface area is 102 Å². The molecule has 0 rings (SSSR count). The van der Waals surface area contributed by atoms with E-state index in [0.29, 0.717) is 5.57 Å². The minimum atomic E-state index is -3.16. The van der Waals surface area contributed by atoms with Gasteiger partial charge in [-0.3, -0.25) is 0 Å². The van der Waals surface area contributed by atoms with E-state index >= 15 is 0 Å². The van der Waals surface area contributed by atoms with Crippen molar-refractivity contribution < 1.29 is 22.7 Å². The molecule has 7 heteroatoms. The maximum Gasteiger partial charge on any atom is 0.333 e. The molecule has 0 aliphatic heterocycles. The molecule has 0 aromatic carbocycles. The van der Waals surface area contributed by atoms with Crippen LogP contribution in [0, 0.1) is 0 Å². The van der Waals surface area contributed by atoms with Crippen molar-refractivity contribution in [1.82, 2.24) is 4.31 Å². The highest BCUT2D eigenvalue weighted by atomic mass is 32.2. The maximum absolute atomic E-state index is 11.0. The Morgan fingerprint density at radius 1 is 1.29 bits per heavy atom. The van der Waals surface area contributed by atoms with Crippen LogP contribution in [0.15, 0.2) is 12.2 Å². The smallest absolute Gasteiger partial charge is 0.333 e. The number of ether oxygens (including phenoxy) is 2. The molecule has 0 amide bonds. The van der Waals surface area contributed by atoms with Gasteiger partial charge >= 0.3 is 5.97 Å². The maximum atomic E-state index is 11.0. The predicted octanol–water partition coefficient (Wildman–Crippen LogP) is 0.0137. The second-order valence-corrected chi connectivity index (χ2v) is 5.70. The first kappa shape index (κ1) is 16.1. The van der Waals surface area contributed by atoms with Crippen molar-refractivity contribution in [3.63, 3.8) is 0 Å². The fourth-order valence-electron chi connectivity index (χ4n) is 0.777. The lowest BCUT2D eigenvalue weighted by atomic mass is 10.4. The molecule has 0 heterocycles. The Morgan fingerprint density at radius 2 is 1.88 bits per heavy atom. The lowest BCUT2D eigenvalue weighted by Gasteiger charge is -2.13. The summed E-state index contributed by atoms with van der Waals surface area (Å²) in [4.78, 5) is 11.0. The fourth-order valence-corrected chi connectivity index (χ4v) is 1.18. The van der Waals surface area contributed by atoms with Crippen LogP contribution in [-0.2, 0) is 24.3 Å². The normalized spacial score (nSPS) is 11.5. The molecule has 0 bridgehead atoms. The van der Waals surface area contributed by atoms with Crippen molar-refractivity contribution in [3.8, 4) is 0 Å². The number of rotatable bonds is 8. The quantitative estimate of drug-likeness (QED) is 0.351. The fraction of sp³-hybridized carbons (Fsp3) is 0.700. The molecule has 100 valence electrons. The zero-order valence-corrected chi connectivity index (χ0v) is 11.2. The molecule has 6 nitrogen and oxygen atoms in total. The van der Waals surface area contributed by atoms with E-state index in [4.69, 9.17) is 9.47 Å². The molecule has 0 aliphatic carbocycles. The first-order valence-electron chi connectivity index (χ1n) is 5.07. The summed E-state index contributed by atoms with van der Waals surface area (Å²) in [6.07, 6.45) is 1.13. The van der Waals surface area contributed by atoms with E-state index in [1.807, 2.05) is 0 Å². The van der Waals surface area contributed by atoms with Gasteiger partial charge in [0.1, 0.15) is 6.61 Å². The van der Waals surface area contributed by atoms with Gasteiger partial charge in [0.05, 0.1) is 19.5 Å². The number of esters is 1. The molecule has 0 aromatic heterocycles. The summed E-state index contributed by atoms with van der Waals surface area (Å²) >= 11 is 0. The van der Waals surface area contributed by atoms with Crippen molar-refractivity contribution in [2.45, 2.75) is 6.92 Å². The van der Waals surface area contributed by atoms with Gasteiger partial charge in [0.15, 0.2) is 0 Å². The Morgan fingerprint density at radius 3 is 2.35 bits per heavy atom. The largest absolute Gasteiger partial charge is 0.460 e. The first-order chi connectivity index (χ1) is 7.75. The molecule has 0 aromatic rings. The molecule has 0 unspecified atom stereocenters. The van der Waals surface area contributed by atoms with Crippen LogP contribution in [0.1, 0.15) is 6.92 Å². The van der Waals surface area contributed by atoms with Gasteiger partial charge in [0.2, 0.25) is 10.0 Å². The van der Waals surface area contributed by atoms with Gasteiger partial charge in [0.25, 0.3) is 0 Å². The topological polar surface area (TPSA) is 72.9 Å². The van der Waals surface area contributed by atoms with E-state index in [9.17, 15) is 13.2 Å². The number of hydrogen-bond acceptors (Lipinski definition) is 5. The third-order valence-electron chi connectivity index (χ3n) is 1.93. The van der Waals surface area contributed by atoms with E-state index in [-0.39, 0.29) is 26.4 Å². The number of sulfonamides is 1. The minimum Gasteiger partial charge on any atom is -0.460 e. The van der Waals surface area contributed by atoms with Gasteiger partial charge in [-0.05, 0) is 6.92 Å². The van der Waals surface area contributed by atoms with Gasteiger partial charge in [0, 0.05) is 19.2 Å². The van der Waals surface area contributed by atoms with E-state index in [0.717, 1.165) is 6.26 Å². The second kappa shape index (κ2) is 7.41. The Hall–Kier alpha value is -0.920. The summed E-state index contributed by atoms with van der Waals surface area (Å²) in [5, 5.41) is 0. The van der Waals surface area contributed by atoms with E-state index in [1.165, 1.54) is 11.4 Å². The van der Waals surface area contributed by atoms with Crippen LogP contribution < -0.4 is 0 Å². The average molecular weight is 265 g/mol. The second-order valence-electron chi connectivity index (χ2n) is 3.61. The standard InChI is InChI=1S/C10H19NO5S/c1-9(2)10(12)16-8-7-15-6-5-11(3)17(4,13)14/h1,5-8H2,2-4H3. The Balaban J connectivity index is 3.54. The molecule has 0 saturated carbocycles.